The molecule has 5 heteroatoms. The van der Waals surface area contributed by atoms with Gasteiger partial charge in [-0.3, -0.25) is 4.79 Å². The topological polar surface area (TPSA) is 79.9 Å². The molecule has 2 aliphatic rings. The average Bonchev–Trinajstić information content (AvgIpc) is 2.47. The fourth-order valence-corrected chi connectivity index (χ4v) is 3.49. The molecule has 3 atom stereocenters. The molecule has 2 aliphatic carbocycles. The average molecular weight is 320 g/mol. The van der Waals surface area contributed by atoms with E-state index in [1.54, 1.807) is 0 Å². The molecule has 0 aliphatic heterocycles. The van der Waals surface area contributed by atoms with Crippen LogP contribution in [0.2, 0.25) is 0 Å². The Labute approximate surface area is 135 Å². The lowest BCUT2D eigenvalue weighted by Crippen LogP contribution is -2.30. The smallest absolute Gasteiger partial charge is 0.194 e. The molecule has 0 unspecified atom stereocenters. The van der Waals surface area contributed by atoms with Crippen molar-refractivity contribution < 1.29 is 19.4 Å². The van der Waals surface area contributed by atoms with Gasteiger partial charge in [-0.1, -0.05) is 0 Å². The molecule has 0 radical (unpaired) electrons. The number of aliphatic hydroxyl groups excluding tert-OH is 2. The molecule has 0 fully saturated rings. The largest absolute Gasteiger partial charge is 0.496 e. The Morgan fingerprint density at radius 2 is 2.13 bits per heavy atom. The Bertz CT molecular complexity index is 658. The summed E-state index contributed by atoms with van der Waals surface area (Å²) in [4.78, 5) is 12.7. The first-order valence-corrected chi connectivity index (χ1v) is 8.32. The van der Waals surface area contributed by atoms with E-state index in [4.69, 9.17) is 9.15 Å². The maximum absolute atomic E-state index is 12.7. The fraction of sp³-hybridized carbons (Fsp3) is 0.611. The summed E-state index contributed by atoms with van der Waals surface area (Å²) in [5.41, 5.74) is 0.831. The molecule has 0 amide bonds. The zero-order valence-corrected chi connectivity index (χ0v) is 13.6. The van der Waals surface area contributed by atoms with Crippen molar-refractivity contribution in [1.29, 1.82) is 0 Å². The minimum Gasteiger partial charge on any atom is -0.496 e. The second-order valence-electron chi connectivity index (χ2n) is 6.77. The number of allylic oxidation sites excluding steroid dienone is 2. The van der Waals surface area contributed by atoms with Crippen molar-refractivity contribution in [2.75, 3.05) is 0 Å². The van der Waals surface area contributed by atoms with Gasteiger partial charge in [-0.2, -0.15) is 0 Å². The molecular formula is C18H24O5. The van der Waals surface area contributed by atoms with Gasteiger partial charge in [-0.15, -0.1) is 0 Å². The SMILES string of the molecule is CC(C)OC1=CC[C@H](c2coc3c(c2=O)[C@@H](O)C[C@@H](O)C3)CC1. The molecular weight excluding hydrogens is 296 g/mol. The van der Waals surface area contributed by atoms with Crippen LogP contribution in [0.3, 0.4) is 0 Å². The highest BCUT2D eigenvalue weighted by Gasteiger charge is 2.31. The van der Waals surface area contributed by atoms with Crippen LogP contribution in [0.15, 0.2) is 27.3 Å². The second kappa shape index (κ2) is 6.49. The van der Waals surface area contributed by atoms with Gasteiger partial charge in [0.2, 0.25) is 0 Å². The van der Waals surface area contributed by atoms with Crippen LogP contribution in [0.5, 0.6) is 0 Å². The van der Waals surface area contributed by atoms with Crippen LogP contribution in [0.25, 0.3) is 0 Å². The summed E-state index contributed by atoms with van der Waals surface area (Å²) >= 11 is 0. The number of ether oxygens (including phenoxy) is 1. The van der Waals surface area contributed by atoms with E-state index in [9.17, 15) is 15.0 Å². The van der Waals surface area contributed by atoms with Crippen molar-refractivity contribution in [3.63, 3.8) is 0 Å². The van der Waals surface area contributed by atoms with Crippen LogP contribution < -0.4 is 5.43 Å². The number of hydrogen-bond donors (Lipinski definition) is 2. The maximum atomic E-state index is 12.7. The highest BCUT2D eigenvalue weighted by molar-refractivity contribution is 5.31. The van der Waals surface area contributed by atoms with Crippen LogP contribution >= 0.6 is 0 Å². The van der Waals surface area contributed by atoms with Crippen molar-refractivity contribution in [2.24, 2.45) is 0 Å². The third kappa shape index (κ3) is 3.35. The highest BCUT2D eigenvalue weighted by Crippen LogP contribution is 2.34. The summed E-state index contributed by atoms with van der Waals surface area (Å²) in [5.74, 6) is 1.50. The van der Waals surface area contributed by atoms with Crippen molar-refractivity contribution in [3.05, 3.63) is 45.2 Å². The summed E-state index contributed by atoms with van der Waals surface area (Å²) in [6.07, 6.45) is 4.99. The lowest BCUT2D eigenvalue weighted by Gasteiger charge is -2.26. The predicted molar refractivity (Wildman–Crippen MR) is 85.2 cm³/mol. The summed E-state index contributed by atoms with van der Waals surface area (Å²) < 4.78 is 11.3. The van der Waals surface area contributed by atoms with Crippen LogP contribution in [-0.4, -0.2) is 22.4 Å². The Hall–Kier alpha value is -1.59. The Kier molecular flexibility index (Phi) is 4.60. The monoisotopic (exact) mass is 320 g/mol. The van der Waals surface area contributed by atoms with E-state index < -0.39 is 12.2 Å². The van der Waals surface area contributed by atoms with E-state index in [1.807, 2.05) is 19.9 Å². The van der Waals surface area contributed by atoms with Crippen LogP contribution in [-0.2, 0) is 11.2 Å². The predicted octanol–water partition coefficient (Wildman–Crippen LogP) is 2.56. The van der Waals surface area contributed by atoms with Gasteiger partial charge < -0.3 is 19.4 Å². The van der Waals surface area contributed by atoms with Gasteiger partial charge in [-0.05, 0) is 38.7 Å². The van der Waals surface area contributed by atoms with E-state index in [0.717, 1.165) is 25.0 Å². The van der Waals surface area contributed by atoms with Crippen LogP contribution in [0.4, 0.5) is 0 Å². The zero-order chi connectivity index (χ0) is 16.6. The first-order valence-electron chi connectivity index (χ1n) is 8.32. The van der Waals surface area contributed by atoms with E-state index in [1.165, 1.54) is 6.26 Å². The molecule has 0 aromatic carbocycles. The minimum absolute atomic E-state index is 0.0927. The molecule has 0 spiro atoms. The minimum atomic E-state index is -0.941. The molecule has 1 heterocycles. The fourth-order valence-electron chi connectivity index (χ4n) is 3.49. The summed E-state index contributed by atoms with van der Waals surface area (Å²) in [5, 5.41) is 19.8. The highest BCUT2D eigenvalue weighted by atomic mass is 16.5. The molecule has 0 bridgehead atoms. The molecule has 0 saturated heterocycles. The molecule has 5 nitrogen and oxygen atoms in total. The van der Waals surface area contributed by atoms with E-state index in [-0.39, 0.29) is 23.9 Å². The molecule has 126 valence electrons. The lowest BCUT2D eigenvalue weighted by atomic mass is 9.84. The molecule has 1 aromatic rings. The normalized spacial score (nSPS) is 27.5. The number of hydrogen-bond acceptors (Lipinski definition) is 5. The van der Waals surface area contributed by atoms with E-state index in [0.29, 0.717) is 23.3 Å². The standard InChI is InChI=1S/C18H24O5/c1-10(2)23-13-5-3-11(4-6-13)14-9-22-16-8-12(19)7-15(20)17(16)18(14)21/h5,9-12,15,19-20H,3-4,6-8H2,1-2H3/t11-,12+,15-/m0/s1. The van der Waals surface area contributed by atoms with Crippen molar-refractivity contribution >= 4 is 0 Å². The first kappa shape index (κ1) is 16.3. The van der Waals surface area contributed by atoms with Crippen LogP contribution in [0.1, 0.15) is 68.4 Å². The van der Waals surface area contributed by atoms with Gasteiger partial charge in [0.15, 0.2) is 5.43 Å². The summed E-state index contributed by atoms with van der Waals surface area (Å²) in [6, 6.07) is 0. The van der Waals surface area contributed by atoms with E-state index >= 15 is 0 Å². The third-order valence-electron chi connectivity index (χ3n) is 4.58. The number of aliphatic hydroxyl groups is 2. The molecule has 2 N–H and O–H groups in total. The van der Waals surface area contributed by atoms with Crippen molar-refractivity contribution in [2.45, 2.75) is 70.2 Å². The third-order valence-corrected chi connectivity index (χ3v) is 4.58. The first-order chi connectivity index (χ1) is 11.0. The van der Waals surface area contributed by atoms with Gasteiger partial charge in [0.05, 0.1) is 35.9 Å². The molecule has 23 heavy (non-hydrogen) atoms. The van der Waals surface area contributed by atoms with Gasteiger partial charge in [0.25, 0.3) is 0 Å². The van der Waals surface area contributed by atoms with E-state index in [2.05, 4.69) is 0 Å². The summed E-state index contributed by atoms with van der Waals surface area (Å²) in [6.45, 7) is 4.00. The second-order valence-corrected chi connectivity index (χ2v) is 6.77. The molecule has 0 saturated carbocycles. The summed E-state index contributed by atoms with van der Waals surface area (Å²) in [7, 11) is 0. The van der Waals surface area contributed by atoms with Crippen molar-refractivity contribution in [3.8, 4) is 0 Å². The van der Waals surface area contributed by atoms with Crippen LogP contribution in [0, 0.1) is 0 Å². The number of fused-ring (bicyclic) bond motifs is 1. The molecule has 1 aromatic heterocycles. The van der Waals surface area contributed by atoms with Gasteiger partial charge in [0.1, 0.15) is 5.76 Å². The zero-order valence-electron chi connectivity index (χ0n) is 13.6. The quantitative estimate of drug-likeness (QED) is 0.894. The Morgan fingerprint density at radius 3 is 2.78 bits per heavy atom. The van der Waals surface area contributed by atoms with Gasteiger partial charge in [-0.25, -0.2) is 0 Å². The molecule has 3 rings (SSSR count). The Balaban J connectivity index is 1.84. The number of rotatable bonds is 3. The Morgan fingerprint density at radius 1 is 1.35 bits per heavy atom. The maximum Gasteiger partial charge on any atom is 0.194 e. The lowest BCUT2D eigenvalue weighted by molar-refractivity contribution is 0.0590. The van der Waals surface area contributed by atoms with Crippen molar-refractivity contribution in [1.82, 2.24) is 0 Å². The van der Waals surface area contributed by atoms with Gasteiger partial charge in [0, 0.05) is 24.8 Å². The van der Waals surface area contributed by atoms with Gasteiger partial charge >= 0.3 is 0 Å².